The van der Waals surface area contributed by atoms with Crippen molar-refractivity contribution >= 4 is 17.1 Å². The number of Topliss-reactive ketones (excluding diaryl/α,β-unsaturated/α-hetero) is 1. The van der Waals surface area contributed by atoms with Crippen molar-refractivity contribution in [3.05, 3.63) is 57.3 Å². The molecule has 0 aliphatic rings. The third kappa shape index (κ3) is 4.03. The van der Waals surface area contributed by atoms with Gasteiger partial charge in [-0.25, -0.2) is 0 Å². The first kappa shape index (κ1) is 15.5. The van der Waals surface area contributed by atoms with Gasteiger partial charge in [-0.05, 0) is 54.8 Å². The second-order valence-corrected chi connectivity index (χ2v) is 6.34. The Bertz CT molecular complexity index is 652. The Hall–Kier alpha value is -1.92. The Morgan fingerprint density at radius 3 is 2.71 bits per heavy atom. The first-order valence-corrected chi connectivity index (χ1v) is 8.01. The average molecular weight is 297 g/mol. The molecular formula is C18H19NOS. The fraction of sp³-hybridized carbons (Fsp3) is 0.333. The van der Waals surface area contributed by atoms with Crippen molar-refractivity contribution in [3.8, 4) is 6.07 Å². The van der Waals surface area contributed by atoms with Gasteiger partial charge in [-0.3, -0.25) is 4.79 Å². The van der Waals surface area contributed by atoms with Crippen molar-refractivity contribution in [2.75, 3.05) is 0 Å². The maximum Gasteiger partial charge on any atom is 0.154 e. The van der Waals surface area contributed by atoms with E-state index in [1.165, 1.54) is 10.4 Å². The number of carbonyl (C=O) groups excluding carboxylic acids is 1. The normalized spacial score (nSPS) is 11.9. The zero-order valence-electron chi connectivity index (χ0n) is 12.4. The van der Waals surface area contributed by atoms with Crippen LogP contribution in [0.3, 0.4) is 0 Å². The third-order valence-corrected chi connectivity index (χ3v) is 4.68. The summed E-state index contributed by atoms with van der Waals surface area (Å²) in [7, 11) is 0. The quantitative estimate of drug-likeness (QED) is 0.784. The molecule has 0 spiro atoms. The topological polar surface area (TPSA) is 40.9 Å². The first-order valence-electron chi connectivity index (χ1n) is 7.13. The maximum absolute atomic E-state index is 12.3. The van der Waals surface area contributed by atoms with Crippen molar-refractivity contribution in [3.63, 3.8) is 0 Å². The molecule has 2 rings (SSSR count). The van der Waals surface area contributed by atoms with Gasteiger partial charge in [-0.2, -0.15) is 5.26 Å². The largest absolute Gasteiger partial charge is 0.298 e. The molecule has 0 radical (unpaired) electrons. The second kappa shape index (κ2) is 7.19. The summed E-state index contributed by atoms with van der Waals surface area (Å²) in [5.41, 5.74) is 3.13. The number of aryl methyl sites for hydroxylation is 3. The summed E-state index contributed by atoms with van der Waals surface area (Å²) in [6, 6.07) is 12.1. The molecule has 1 heterocycles. The van der Waals surface area contributed by atoms with Crippen LogP contribution in [0.2, 0.25) is 0 Å². The monoisotopic (exact) mass is 297 g/mol. The standard InChI is InChI=1S/C18H19NOS/c1-13-8-9-15(11-14(13)2)17(12-19)18(20)7-3-5-16-6-4-10-21-16/h4,6,8-11,17H,3,5,7H2,1-2H3. The Balaban J connectivity index is 1.98. The molecule has 108 valence electrons. The van der Waals surface area contributed by atoms with Crippen LogP contribution in [0.5, 0.6) is 0 Å². The van der Waals surface area contributed by atoms with Crippen molar-refractivity contribution in [1.29, 1.82) is 5.26 Å². The SMILES string of the molecule is Cc1ccc(C(C#N)C(=O)CCCc2cccs2)cc1C. The fourth-order valence-electron chi connectivity index (χ4n) is 2.31. The molecule has 0 aliphatic carbocycles. The van der Waals surface area contributed by atoms with Gasteiger partial charge in [0.25, 0.3) is 0 Å². The predicted molar refractivity (Wildman–Crippen MR) is 86.5 cm³/mol. The molecule has 1 aromatic carbocycles. The highest BCUT2D eigenvalue weighted by Gasteiger charge is 2.20. The van der Waals surface area contributed by atoms with E-state index >= 15 is 0 Å². The second-order valence-electron chi connectivity index (χ2n) is 5.31. The Labute approximate surface area is 130 Å². The summed E-state index contributed by atoms with van der Waals surface area (Å²) in [5.74, 6) is -0.607. The average Bonchev–Trinajstić information content (AvgIpc) is 2.97. The summed E-state index contributed by atoms with van der Waals surface area (Å²) in [5, 5.41) is 11.4. The fourth-order valence-corrected chi connectivity index (χ4v) is 3.06. The van der Waals surface area contributed by atoms with Crippen molar-refractivity contribution in [2.24, 2.45) is 0 Å². The van der Waals surface area contributed by atoms with E-state index in [1.54, 1.807) is 11.3 Å². The van der Waals surface area contributed by atoms with Crippen molar-refractivity contribution in [1.82, 2.24) is 0 Å². The van der Waals surface area contributed by atoms with Crippen molar-refractivity contribution in [2.45, 2.75) is 39.0 Å². The Morgan fingerprint density at radius 2 is 2.10 bits per heavy atom. The Kier molecular flexibility index (Phi) is 5.30. The molecule has 0 bridgehead atoms. The van der Waals surface area contributed by atoms with Crippen LogP contribution < -0.4 is 0 Å². The van der Waals surface area contributed by atoms with Gasteiger partial charge < -0.3 is 0 Å². The molecule has 1 atom stereocenters. The van der Waals surface area contributed by atoms with Gasteiger partial charge in [-0.15, -0.1) is 11.3 Å². The molecule has 0 saturated heterocycles. The van der Waals surface area contributed by atoms with Crippen LogP contribution in [-0.4, -0.2) is 5.78 Å². The van der Waals surface area contributed by atoms with E-state index in [0.717, 1.165) is 24.0 Å². The molecule has 21 heavy (non-hydrogen) atoms. The molecule has 0 fully saturated rings. The summed E-state index contributed by atoms with van der Waals surface area (Å²) < 4.78 is 0. The number of thiophene rings is 1. The number of benzene rings is 1. The molecule has 1 unspecified atom stereocenters. The van der Waals surface area contributed by atoms with Gasteiger partial charge in [0.1, 0.15) is 5.92 Å². The summed E-state index contributed by atoms with van der Waals surface area (Å²) in [6.45, 7) is 4.04. The highest BCUT2D eigenvalue weighted by molar-refractivity contribution is 7.09. The molecule has 0 amide bonds. The lowest BCUT2D eigenvalue weighted by Crippen LogP contribution is -2.11. The molecule has 0 saturated carbocycles. The van der Waals surface area contributed by atoms with E-state index in [9.17, 15) is 10.1 Å². The number of hydrogen-bond acceptors (Lipinski definition) is 3. The number of carbonyl (C=O) groups is 1. The minimum Gasteiger partial charge on any atom is -0.298 e. The minimum atomic E-state index is -0.632. The number of hydrogen-bond donors (Lipinski definition) is 0. The molecule has 2 nitrogen and oxygen atoms in total. The van der Waals surface area contributed by atoms with Crippen LogP contribution in [-0.2, 0) is 11.2 Å². The van der Waals surface area contributed by atoms with E-state index in [2.05, 4.69) is 12.1 Å². The lowest BCUT2D eigenvalue weighted by Gasteiger charge is -2.10. The summed E-state index contributed by atoms with van der Waals surface area (Å²) in [6.07, 6.45) is 2.18. The van der Waals surface area contributed by atoms with E-state index in [0.29, 0.717) is 6.42 Å². The number of nitrogens with zero attached hydrogens (tertiary/aromatic N) is 1. The van der Waals surface area contributed by atoms with E-state index in [-0.39, 0.29) is 5.78 Å². The maximum atomic E-state index is 12.3. The van der Waals surface area contributed by atoms with Crippen LogP contribution in [0, 0.1) is 25.2 Å². The van der Waals surface area contributed by atoms with Crippen LogP contribution >= 0.6 is 11.3 Å². The first-order chi connectivity index (χ1) is 10.1. The summed E-state index contributed by atoms with van der Waals surface area (Å²) in [4.78, 5) is 13.6. The van der Waals surface area contributed by atoms with Crippen LogP contribution in [0.25, 0.3) is 0 Å². The molecule has 3 heteroatoms. The molecule has 1 aromatic heterocycles. The minimum absolute atomic E-state index is 0.0253. The number of ketones is 1. The van der Waals surface area contributed by atoms with E-state index in [1.807, 2.05) is 43.5 Å². The number of rotatable bonds is 6. The molecule has 0 aliphatic heterocycles. The van der Waals surface area contributed by atoms with Crippen LogP contribution in [0.15, 0.2) is 35.7 Å². The lowest BCUT2D eigenvalue weighted by atomic mass is 9.91. The van der Waals surface area contributed by atoms with E-state index < -0.39 is 5.92 Å². The Morgan fingerprint density at radius 1 is 1.29 bits per heavy atom. The molecular weight excluding hydrogens is 278 g/mol. The molecule has 0 N–H and O–H groups in total. The smallest absolute Gasteiger partial charge is 0.154 e. The third-order valence-electron chi connectivity index (χ3n) is 3.74. The summed E-state index contributed by atoms with van der Waals surface area (Å²) >= 11 is 1.71. The predicted octanol–water partition coefficient (Wildman–Crippen LogP) is 4.56. The van der Waals surface area contributed by atoms with Gasteiger partial charge in [0, 0.05) is 11.3 Å². The highest BCUT2D eigenvalue weighted by atomic mass is 32.1. The zero-order chi connectivity index (χ0) is 15.2. The van der Waals surface area contributed by atoms with Gasteiger partial charge in [-0.1, -0.05) is 24.3 Å². The lowest BCUT2D eigenvalue weighted by molar-refractivity contribution is -0.119. The van der Waals surface area contributed by atoms with Gasteiger partial charge >= 0.3 is 0 Å². The van der Waals surface area contributed by atoms with Gasteiger partial charge in [0.2, 0.25) is 0 Å². The highest BCUT2D eigenvalue weighted by Crippen LogP contribution is 2.22. The van der Waals surface area contributed by atoms with Crippen molar-refractivity contribution < 1.29 is 4.79 Å². The zero-order valence-corrected chi connectivity index (χ0v) is 13.2. The van der Waals surface area contributed by atoms with Crippen LogP contribution in [0.4, 0.5) is 0 Å². The van der Waals surface area contributed by atoms with Gasteiger partial charge in [0.15, 0.2) is 5.78 Å². The number of nitriles is 1. The van der Waals surface area contributed by atoms with Gasteiger partial charge in [0.05, 0.1) is 6.07 Å². The molecule has 2 aromatic rings. The van der Waals surface area contributed by atoms with Crippen LogP contribution in [0.1, 0.15) is 40.3 Å². The van der Waals surface area contributed by atoms with E-state index in [4.69, 9.17) is 0 Å².